The largest absolute Gasteiger partial charge is 0.358 e. The minimum Gasteiger partial charge on any atom is -0.358 e. The van der Waals surface area contributed by atoms with E-state index in [9.17, 15) is 13.2 Å². The summed E-state index contributed by atoms with van der Waals surface area (Å²) in [6.07, 6.45) is 17.7. The number of hydrogen-bond acceptors (Lipinski definition) is 1. The zero-order valence-corrected chi connectivity index (χ0v) is 23.6. The number of aromatic amines is 1. The van der Waals surface area contributed by atoms with Crippen LogP contribution in [0.3, 0.4) is 0 Å². The summed E-state index contributed by atoms with van der Waals surface area (Å²) in [5, 5.41) is 0. The van der Waals surface area contributed by atoms with Crippen LogP contribution in [0.25, 0.3) is 5.57 Å². The lowest BCUT2D eigenvalue weighted by molar-refractivity contribution is -0.0117. The Labute approximate surface area is 242 Å². The zero-order chi connectivity index (χ0) is 28.5. The van der Waals surface area contributed by atoms with Crippen LogP contribution in [-0.2, 0) is 5.41 Å². The Kier molecular flexibility index (Phi) is 5.33. The van der Waals surface area contributed by atoms with Crippen LogP contribution in [0.2, 0.25) is 0 Å². The molecule has 9 aliphatic rings. The Morgan fingerprint density at radius 2 is 1.05 bits per heavy atom. The van der Waals surface area contributed by atoms with Crippen molar-refractivity contribution in [2.45, 2.75) is 82.5 Å². The van der Waals surface area contributed by atoms with Crippen molar-refractivity contribution in [1.29, 1.82) is 0 Å². The van der Waals surface area contributed by atoms with Crippen LogP contribution in [0.1, 0.15) is 94.0 Å². The van der Waals surface area contributed by atoms with E-state index in [1.807, 2.05) is 12.1 Å². The molecule has 2 nitrogen and oxygen atoms in total. The van der Waals surface area contributed by atoms with Gasteiger partial charge in [0.2, 0.25) is 5.82 Å². The molecular formula is C35H35F5N2. The maximum atomic E-state index is 15.5. The second kappa shape index (κ2) is 8.69. The zero-order valence-electron chi connectivity index (χ0n) is 23.6. The van der Waals surface area contributed by atoms with Crippen molar-refractivity contribution in [1.82, 2.24) is 4.98 Å². The van der Waals surface area contributed by atoms with Gasteiger partial charge in [0, 0.05) is 33.5 Å². The van der Waals surface area contributed by atoms with Gasteiger partial charge in [0.05, 0.1) is 11.3 Å². The predicted molar refractivity (Wildman–Crippen MR) is 150 cm³/mol. The normalized spacial score (nSPS) is 40.4. The monoisotopic (exact) mass is 578 g/mol. The first-order valence-corrected chi connectivity index (χ1v) is 15.9. The Hall–Kier alpha value is -2.70. The number of halogens is 5. The van der Waals surface area contributed by atoms with E-state index in [1.54, 1.807) is 12.1 Å². The molecule has 1 N–H and O–H groups in total. The fourth-order valence-corrected chi connectivity index (χ4v) is 11.7. The Morgan fingerprint density at radius 3 is 1.55 bits per heavy atom. The van der Waals surface area contributed by atoms with E-state index in [-0.39, 0.29) is 22.1 Å². The molecule has 2 aromatic rings. The van der Waals surface area contributed by atoms with Crippen LogP contribution < -0.4 is 0 Å². The number of allylic oxidation sites excluding steroid dienone is 2. The first kappa shape index (κ1) is 25.8. The predicted octanol–water partition coefficient (Wildman–Crippen LogP) is 9.16. The highest BCUT2D eigenvalue weighted by Gasteiger charge is 2.54. The second-order valence-electron chi connectivity index (χ2n) is 15.2. The number of nitrogens with zero attached hydrogens (tertiary/aromatic N) is 1. The van der Waals surface area contributed by atoms with Gasteiger partial charge in [0.15, 0.2) is 23.3 Å². The smallest absolute Gasteiger partial charge is 0.200 e. The molecular weight excluding hydrogens is 543 g/mol. The molecule has 1 aromatic carbocycles. The lowest BCUT2D eigenvalue weighted by Crippen LogP contribution is -2.49. The minimum absolute atomic E-state index is 0.0156. The van der Waals surface area contributed by atoms with E-state index in [0.717, 1.165) is 49.9 Å². The molecule has 0 unspecified atom stereocenters. The van der Waals surface area contributed by atoms with Gasteiger partial charge in [-0.05, 0) is 137 Å². The fraction of sp³-hybridized carbons (Fsp3) is 0.571. The summed E-state index contributed by atoms with van der Waals surface area (Å²) in [7, 11) is 0. The van der Waals surface area contributed by atoms with Gasteiger partial charge in [-0.25, -0.2) is 22.0 Å². The maximum Gasteiger partial charge on any atom is 0.200 e. The van der Waals surface area contributed by atoms with Gasteiger partial charge in [-0.1, -0.05) is 0 Å². The van der Waals surface area contributed by atoms with Crippen LogP contribution in [0.4, 0.5) is 22.0 Å². The lowest BCUT2D eigenvalue weighted by atomic mass is 9.48. The van der Waals surface area contributed by atoms with Crippen molar-refractivity contribution in [2.24, 2.45) is 45.9 Å². The van der Waals surface area contributed by atoms with E-state index >= 15 is 8.78 Å². The molecule has 8 fully saturated rings. The average molecular weight is 579 g/mol. The molecule has 1 aromatic heterocycles. The third-order valence-corrected chi connectivity index (χ3v) is 12.5. The van der Waals surface area contributed by atoms with Gasteiger partial charge >= 0.3 is 0 Å². The van der Waals surface area contributed by atoms with Gasteiger partial charge in [-0.3, -0.25) is 4.99 Å². The van der Waals surface area contributed by atoms with E-state index in [0.29, 0.717) is 41.2 Å². The summed E-state index contributed by atoms with van der Waals surface area (Å²) >= 11 is 0. The SMILES string of the molecule is Fc1c(F)c(F)c(/C(=C2\C=CC(C34CC5CC(CC(C5)C3)C4)=N2)c2ccc(C34CC5CC(CC(C5)C3)C4)[nH]2)c(F)c1F. The van der Waals surface area contributed by atoms with Gasteiger partial charge in [-0.2, -0.15) is 0 Å². The van der Waals surface area contributed by atoms with Crippen LogP contribution in [0.15, 0.2) is 35.0 Å². The molecule has 0 atom stereocenters. The topological polar surface area (TPSA) is 28.1 Å². The molecule has 2 heterocycles. The lowest BCUT2D eigenvalue weighted by Gasteiger charge is -2.56. The number of nitrogens with one attached hydrogen (secondary N) is 1. The minimum atomic E-state index is -2.14. The highest BCUT2D eigenvalue weighted by atomic mass is 19.2. The van der Waals surface area contributed by atoms with Crippen molar-refractivity contribution < 1.29 is 22.0 Å². The summed E-state index contributed by atoms with van der Waals surface area (Å²) in [6, 6.07) is 3.75. The maximum absolute atomic E-state index is 15.5. The first-order chi connectivity index (χ1) is 20.2. The van der Waals surface area contributed by atoms with Gasteiger partial charge in [0.1, 0.15) is 0 Å². The van der Waals surface area contributed by atoms with Crippen LogP contribution in [0, 0.1) is 70.0 Å². The number of aliphatic imine (C=N–C) groups is 1. The van der Waals surface area contributed by atoms with Crippen LogP contribution in [0.5, 0.6) is 0 Å². The third kappa shape index (κ3) is 3.57. The molecule has 0 radical (unpaired) electrons. The Bertz CT molecular complexity index is 1510. The number of benzene rings is 1. The van der Waals surface area contributed by atoms with E-state index in [4.69, 9.17) is 4.99 Å². The second-order valence-corrected chi connectivity index (χ2v) is 15.2. The first-order valence-electron chi connectivity index (χ1n) is 15.9. The quantitative estimate of drug-likeness (QED) is 0.213. The van der Waals surface area contributed by atoms with Crippen molar-refractivity contribution in [3.63, 3.8) is 0 Å². The highest BCUT2D eigenvalue weighted by Crippen LogP contribution is 2.62. The van der Waals surface area contributed by atoms with Gasteiger partial charge < -0.3 is 4.98 Å². The van der Waals surface area contributed by atoms with Crippen molar-refractivity contribution in [3.8, 4) is 0 Å². The fourth-order valence-electron chi connectivity index (χ4n) is 11.7. The third-order valence-electron chi connectivity index (χ3n) is 12.5. The van der Waals surface area contributed by atoms with Crippen molar-refractivity contribution in [3.05, 3.63) is 76.0 Å². The molecule has 220 valence electrons. The average Bonchev–Trinajstić information content (AvgIpc) is 3.63. The molecule has 0 amide bonds. The molecule has 0 spiro atoms. The Balaban J connectivity index is 1.19. The molecule has 0 saturated heterocycles. The molecule has 8 bridgehead atoms. The standard InChI is InChI=1S/C35H35F5N2/c36-29-28(30(37)32(39)33(40)31(29)38)27(23-1-3-25(41-23)34-11-17-5-18(12-34)7-19(6-17)13-34)24-2-4-26(42-24)35-14-20-8-21(15-35)10-22(9-20)16-35/h1-4,17-22,41H,5-16H2/b27-24+. The van der Waals surface area contributed by atoms with Crippen LogP contribution >= 0.6 is 0 Å². The van der Waals surface area contributed by atoms with Gasteiger partial charge in [-0.15, -0.1) is 0 Å². The number of aromatic nitrogens is 1. The van der Waals surface area contributed by atoms with Crippen molar-refractivity contribution in [2.75, 3.05) is 0 Å². The number of H-pyrrole nitrogens is 1. The van der Waals surface area contributed by atoms with Crippen molar-refractivity contribution >= 4 is 11.3 Å². The highest BCUT2D eigenvalue weighted by molar-refractivity contribution is 6.05. The number of rotatable bonds is 4. The van der Waals surface area contributed by atoms with Crippen LogP contribution in [-0.4, -0.2) is 10.7 Å². The molecule has 11 rings (SSSR count). The van der Waals surface area contributed by atoms with E-state index in [1.165, 1.54) is 38.5 Å². The number of hydrogen-bond donors (Lipinski definition) is 1. The van der Waals surface area contributed by atoms with E-state index in [2.05, 4.69) is 4.98 Å². The molecule has 1 aliphatic heterocycles. The molecule has 42 heavy (non-hydrogen) atoms. The Morgan fingerprint density at radius 1 is 0.595 bits per heavy atom. The summed E-state index contributed by atoms with van der Waals surface area (Å²) in [4.78, 5) is 8.46. The molecule has 8 aliphatic carbocycles. The summed E-state index contributed by atoms with van der Waals surface area (Å²) in [5.41, 5.74) is 1.53. The molecule has 7 heteroatoms. The van der Waals surface area contributed by atoms with E-state index < -0.39 is 34.6 Å². The summed E-state index contributed by atoms with van der Waals surface area (Å²) in [6.45, 7) is 0. The summed E-state index contributed by atoms with van der Waals surface area (Å²) in [5.74, 6) is -5.49. The summed E-state index contributed by atoms with van der Waals surface area (Å²) < 4.78 is 74.3. The van der Waals surface area contributed by atoms with Gasteiger partial charge in [0.25, 0.3) is 0 Å². The molecule has 8 saturated carbocycles.